The third-order valence-electron chi connectivity index (χ3n) is 2.57. The number of hydrazine groups is 1. The van der Waals surface area contributed by atoms with Crippen LogP contribution in [0.5, 0.6) is 0 Å². The lowest BCUT2D eigenvalue weighted by Crippen LogP contribution is -2.28. The summed E-state index contributed by atoms with van der Waals surface area (Å²) in [6.45, 7) is 0.852. The minimum Gasteiger partial charge on any atom is -0.269 e. The van der Waals surface area contributed by atoms with Crippen molar-refractivity contribution in [2.45, 2.75) is 6.42 Å². The maximum atomic E-state index is 5.58. The summed E-state index contributed by atoms with van der Waals surface area (Å²) >= 11 is 0. The van der Waals surface area contributed by atoms with E-state index >= 15 is 0 Å². The normalized spacial score (nSPS) is 10.8. The molecule has 0 aliphatic carbocycles. The van der Waals surface area contributed by atoms with Crippen molar-refractivity contribution in [1.82, 2.24) is 15.0 Å². The summed E-state index contributed by atoms with van der Waals surface area (Å²) in [6, 6.07) is 8.34. The minimum absolute atomic E-state index is 0.852. The van der Waals surface area contributed by atoms with Crippen LogP contribution in [0.15, 0.2) is 42.9 Å². The maximum absolute atomic E-state index is 5.58. The van der Waals surface area contributed by atoms with E-state index in [1.165, 1.54) is 5.56 Å². The number of hydrogen-bond acceptors (Lipinski definition) is 4. The Morgan fingerprint density at radius 2 is 1.94 bits per heavy atom. The molecule has 0 unspecified atom stereocenters. The first kappa shape index (κ1) is 11.7. The highest BCUT2D eigenvalue weighted by Gasteiger charge is 1.99. The Hall–Kier alpha value is -1.78. The number of aromatic nitrogens is 2. The zero-order valence-corrected chi connectivity index (χ0v) is 9.87. The van der Waals surface area contributed by atoms with Crippen molar-refractivity contribution >= 4 is 0 Å². The summed E-state index contributed by atoms with van der Waals surface area (Å²) < 4.78 is 0. The second-order valence-electron chi connectivity index (χ2n) is 4.02. The molecular weight excluding hydrogens is 212 g/mol. The summed E-state index contributed by atoms with van der Waals surface area (Å²) in [5.41, 5.74) is 3.26. The molecule has 0 aliphatic heterocycles. The van der Waals surface area contributed by atoms with Gasteiger partial charge in [0, 0.05) is 31.5 Å². The fourth-order valence-electron chi connectivity index (χ4n) is 1.60. The number of hydrogen-bond donors (Lipinski definition) is 1. The zero-order chi connectivity index (χ0) is 12.1. The Balaban J connectivity index is 2.08. The lowest BCUT2D eigenvalue weighted by atomic mass is 10.1. The third kappa shape index (κ3) is 3.34. The van der Waals surface area contributed by atoms with Crippen LogP contribution < -0.4 is 5.84 Å². The molecule has 88 valence electrons. The van der Waals surface area contributed by atoms with Gasteiger partial charge in [-0.05, 0) is 12.0 Å². The lowest BCUT2D eigenvalue weighted by molar-refractivity contribution is 0.354. The summed E-state index contributed by atoms with van der Waals surface area (Å²) in [5.74, 6) is 5.58. The highest BCUT2D eigenvalue weighted by Crippen LogP contribution is 2.16. The summed E-state index contributed by atoms with van der Waals surface area (Å²) in [4.78, 5) is 8.32. The van der Waals surface area contributed by atoms with Crippen LogP contribution in [-0.2, 0) is 6.42 Å². The predicted molar refractivity (Wildman–Crippen MR) is 68.0 cm³/mol. The molecule has 17 heavy (non-hydrogen) atoms. The van der Waals surface area contributed by atoms with E-state index in [-0.39, 0.29) is 0 Å². The van der Waals surface area contributed by atoms with Gasteiger partial charge in [-0.1, -0.05) is 24.3 Å². The van der Waals surface area contributed by atoms with E-state index in [1.807, 2.05) is 7.05 Å². The van der Waals surface area contributed by atoms with Crippen LogP contribution >= 0.6 is 0 Å². The first-order valence-electron chi connectivity index (χ1n) is 5.57. The van der Waals surface area contributed by atoms with Crippen molar-refractivity contribution in [2.75, 3.05) is 13.6 Å². The largest absolute Gasteiger partial charge is 0.269 e. The van der Waals surface area contributed by atoms with Crippen LogP contribution in [0, 0.1) is 0 Å². The number of rotatable bonds is 4. The molecule has 0 spiro atoms. The summed E-state index contributed by atoms with van der Waals surface area (Å²) in [6.07, 6.45) is 6.10. The third-order valence-corrected chi connectivity index (χ3v) is 2.57. The fraction of sp³-hybridized carbons (Fsp3) is 0.231. The van der Waals surface area contributed by atoms with Gasteiger partial charge in [-0.15, -0.1) is 0 Å². The molecule has 0 saturated heterocycles. The van der Waals surface area contributed by atoms with Crippen molar-refractivity contribution in [3.63, 3.8) is 0 Å². The fourth-order valence-corrected chi connectivity index (χ4v) is 1.60. The molecule has 1 heterocycles. The molecule has 4 heteroatoms. The van der Waals surface area contributed by atoms with E-state index in [9.17, 15) is 0 Å². The first-order chi connectivity index (χ1) is 8.25. The van der Waals surface area contributed by atoms with Gasteiger partial charge in [0.05, 0.1) is 11.9 Å². The van der Waals surface area contributed by atoms with Gasteiger partial charge in [-0.2, -0.15) is 0 Å². The highest BCUT2D eigenvalue weighted by atomic mass is 15.4. The van der Waals surface area contributed by atoms with E-state index in [1.54, 1.807) is 23.6 Å². The van der Waals surface area contributed by atoms with E-state index in [2.05, 4.69) is 34.2 Å². The van der Waals surface area contributed by atoms with E-state index < -0.39 is 0 Å². The van der Waals surface area contributed by atoms with Crippen LogP contribution in [0.25, 0.3) is 11.3 Å². The molecule has 2 N–H and O–H groups in total. The number of nitrogens with zero attached hydrogens (tertiary/aromatic N) is 3. The first-order valence-corrected chi connectivity index (χ1v) is 5.57. The molecule has 0 radical (unpaired) electrons. The Morgan fingerprint density at radius 1 is 1.18 bits per heavy atom. The van der Waals surface area contributed by atoms with Gasteiger partial charge in [0.25, 0.3) is 0 Å². The van der Waals surface area contributed by atoms with Crippen molar-refractivity contribution in [2.24, 2.45) is 5.84 Å². The molecule has 2 rings (SSSR count). The molecule has 4 nitrogen and oxygen atoms in total. The van der Waals surface area contributed by atoms with Crippen LogP contribution in [0.3, 0.4) is 0 Å². The highest BCUT2D eigenvalue weighted by molar-refractivity contribution is 5.58. The molecule has 1 aromatic carbocycles. The van der Waals surface area contributed by atoms with E-state index in [0.29, 0.717) is 0 Å². The van der Waals surface area contributed by atoms with Crippen molar-refractivity contribution in [3.8, 4) is 11.3 Å². The molecule has 0 amide bonds. The smallest absolute Gasteiger partial charge is 0.0885 e. The second-order valence-corrected chi connectivity index (χ2v) is 4.02. The van der Waals surface area contributed by atoms with Gasteiger partial charge in [-0.3, -0.25) is 15.8 Å². The van der Waals surface area contributed by atoms with Crippen molar-refractivity contribution < 1.29 is 0 Å². The molecule has 2 aromatic rings. The van der Waals surface area contributed by atoms with Gasteiger partial charge < -0.3 is 0 Å². The van der Waals surface area contributed by atoms with Gasteiger partial charge in [0.15, 0.2) is 0 Å². The monoisotopic (exact) mass is 228 g/mol. The second kappa shape index (κ2) is 5.52. The molecule has 0 saturated carbocycles. The Bertz CT molecular complexity index is 451. The molecule has 0 aliphatic rings. The average molecular weight is 228 g/mol. The Kier molecular flexibility index (Phi) is 3.80. The van der Waals surface area contributed by atoms with Crippen LogP contribution in [-0.4, -0.2) is 28.6 Å². The zero-order valence-electron chi connectivity index (χ0n) is 9.87. The standard InChI is InChI=1S/C13H16N4/c1-17(14)9-6-11-2-4-12(5-3-11)13-10-15-7-8-16-13/h2-5,7-8,10H,6,9,14H2,1H3. The molecule has 0 bridgehead atoms. The van der Waals surface area contributed by atoms with Crippen LogP contribution in [0.4, 0.5) is 0 Å². The van der Waals surface area contributed by atoms with Gasteiger partial charge in [0.2, 0.25) is 0 Å². The minimum atomic E-state index is 0.852. The van der Waals surface area contributed by atoms with Gasteiger partial charge in [-0.25, -0.2) is 5.01 Å². The van der Waals surface area contributed by atoms with Crippen molar-refractivity contribution in [3.05, 3.63) is 48.4 Å². The van der Waals surface area contributed by atoms with Gasteiger partial charge in [0.1, 0.15) is 0 Å². The Labute approximate surface area is 101 Å². The number of likely N-dealkylation sites (N-methyl/N-ethyl adjacent to an activating group) is 1. The lowest BCUT2D eigenvalue weighted by Gasteiger charge is -2.09. The molecule has 0 atom stereocenters. The number of benzene rings is 1. The SMILES string of the molecule is CN(N)CCc1ccc(-c2cnccn2)cc1. The quantitative estimate of drug-likeness (QED) is 0.636. The van der Waals surface area contributed by atoms with Crippen molar-refractivity contribution in [1.29, 1.82) is 0 Å². The van der Waals surface area contributed by atoms with E-state index in [0.717, 1.165) is 24.2 Å². The van der Waals surface area contributed by atoms with Crippen LogP contribution in [0.2, 0.25) is 0 Å². The molecule has 0 fully saturated rings. The Morgan fingerprint density at radius 3 is 2.53 bits per heavy atom. The summed E-state index contributed by atoms with van der Waals surface area (Å²) in [5, 5.41) is 1.69. The van der Waals surface area contributed by atoms with E-state index in [4.69, 9.17) is 5.84 Å². The predicted octanol–water partition coefficient (Wildman–Crippen LogP) is 1.49. The van der Waals surface area contributed by atoms with Gasteiger partial charge >= 0.3 is 0 Å². The molecule has 1 aromatic heterocycles. The molecular formula is C13H16N4. The average Bonchev–Trinajstić information content (AvgIpc) is 2.38. The topological polar surface area (TPSA) is 55.0 Å². The number of nitrogens with two attached hydrogens (primary N) is 1. The maximum Gasteiger partial charge on any atom is 0.0885 e. The summed E-state index contributed by atoms with van der Waals surface area (Å²) in [7, 11) is 1.87. The van der Waals surface area contributed by atoms with Crippen LogP contribution in [0.1, 0.15) is 5.56 Å².